The van der Waals surface area contributed by atoms with Crippen LogP contribution in [0.2, 0.25) is 0 Å². The molecule has 0 fully saturated rings. The maximum absolute atomic E-state index is 12.4. The molecular formula is C15H24N2O4S. The summed E-state index contributed by atoms with van der Waals surface area (Å²) >= 11 is 0. The first kappa shape index (κ1) is 18.4. The number of ether oxygens (including phenoxy) is 1. The lowest BCUT2D eigenvalue weighted by molar-refractivity contribution is 0.0952. The van der Waals surface area contributed by atoms with E-state index >= 15 is 0 Å². The van der Waals surface area contributed by atoms with Crippen LogP contribution in [0.1, 0.15) is 44.0 Å². The largest absolute Gasteiger partial charge is 0.496 e. The average Bonchev–Trinajstić information content (AvgIpc) is 2.52. The highest BCUT2D eigenvalue weighted by Gasteiger charge is 2.21. The molecule has 1 amide bonds. The fourth-order valence-electron chi connectivity index (χ4n) is 2.03. The van der Waals surface area contributed by atoms with Gasteiger partial charge < -0.3 is 10.1 Å². The van der Waals surface area contributed by atoms with Crippen LogP contribution < -0.4 is 14.8 Å². The molecule has 22 heavy (non-hydrogen) atoms. The van der Waals surface area contributed by atoms with E-state index in [-0.39, 0.29) is 22.4 Å². The molecule has 6 nitrogen and oxygen atoms in total. The van der Waals surface area contributed by atoms with Crippen molar-refractivity contribution in [3.63, 3.8) is 0 Å². The van der Waals surface area contributed by atoms with Crippen molar-refractivity contribution >= 4 is 15.9 Å². The van der Waals surface area contributed by atoms with Crippen molar-refractivity contribution in [2.75, 3.05) is 13.7 Å². The van der Waals surface area contributed by atoms with Crippen LogP contribution in [-0.2, 0) is 10.0 Å². The number of hydrogen-bond acceptors (Lipinski definition) is 4. The smallest absolute Gasteiger partial charge is 0.255 e. The van der Waals surface area contributed by atoms with Gasteiger partial charge in [0.2, 0.25) is 10.0 Å². The lowest BCUT2D eigenvalue weighted by Gasteiger charge is -2.16. The molecule has 0 bridgehead atoms. The molecule has 0 spiro atoms. The molecular weight excluding hydrogens is 304 g/mol. The third-order valence-corrected chi connectivity index (χ3v) is 4.89. The molecule has 0 radical (unpaired) electrons. The molecule has 0 unspecified atom stereocenters. The van der Waals surface area contributed by atoms with E-state index in [0.717, 1.165) is 0 Å². The Labute approximate surface area is 132 Å². The summed E-state index contributed by atoms with van der Waals surface area (Å²) in [7, 11) is -2.23. The topological polar surface area (TPSA) is 84.5 Å². The molecule has 124 valence electrons. The number of nitrogens with one attached hydrogen (secondary N) is 2. The number of sulfonamides is 1. The quantitative estimate of drug-likeness (QED) is 0.763. The molecule has 0 aliphatic rings. The maximum atomic E-state index is 12.4. The van der Waals surface area contributed by atoms with Crippen molar-refractivity contribution in [2.24, 2.45) is 0 Å². The number of amides is 1. The Bertz CT molecular complexity index is 610. The standard InChI is InChI=1S/C15H24N2O4S/c1-5-11(6-2)17-22(19,20)12-8-9-14(21-4)13(10-12)15(18)16-7-3/h8-11,17H,5-7H2,1-4H3,(H,16,18). The summed E-state index contributed by atoms with van der Waals surface area (Å²) in [6.07, 6.45) is 1.41. The van der Waals surface area contributed by atoms with Crippen LogP contribution in [0.15, 0.2) is 23.1 Å². The zero-order chi connectivity index (χ0) is 16.8. The molecule has 0 atom stereocenters. The predicted molar refractivity (Wildman–Crippen MR) is 85.7 cm³/mol. The second-order valence-electron chi connectivity index (χ2n) is 4.86. The minimum absolute atomic E-state index is 0.0569. The number of carbonyl (C=O) groups is 1. The number of rotatable bonds is 8. The second kappa shape index (κ2) is 8.14. The number of hydrogen-bond donors (Lipinski definition) is 2. The summed E-state index contributed by atoms with van der Waals surface area (Å²) in [4.78, 5) is 12.1. The van der Waals surface area contributed by atoms with Crippen molar-refractivity contribution in [3.05, 3.63) is 23.8 Å². The summed E-state index contributed by atoms with van der Waals surface area (Å²) in [5.74, 6) is -0.0219. The van der Waals surface area contributed by atoms with E-state index in [1.54, 1.807) is 6.92 Å². The van der Waals surface area contributed by atoms with Gasteiger partial charge in [0.25, 0.3) is 5.91 Å². The van der Waals surface area contributed by atoms with E-state index in [1.165, 1.54) is 25.3 Å². The van der Waals surface area contributed by atoms with Gasteiger partial charge >= 0.3 is 0 Å². The average molecular weight is 328 g/mol. The zero-order valence-electron chi connectivity index (χ0n) is 13.5. The molecule has 0 aliphatic carbocycles. The number of benzene rings is 1. The van der Waals surface area contributed by atoms with Gasteiger partial charge in [-0.2, -0.15) is 0 Å². The highest BCUT2D eigenvalue weighted by Crippen LogP contribution is 2.23. The maximum Gasteiger partial charge on any atom is 0.255 e. The van der Waals surface area contributed by atoms with Crippen LogP contribution in [0.3, 0.4) is 0 Å². The lowest BCUT2D eigenvalue weighted by Crippen LogP contribution is -2.34. The van der Waals surface area contributed by atoms with Gasteiger partial charge in [0.05, 0.1) is 17.6 Å². The Balaban J connectivity index is 3.20. The van der Waals surface area contributed by atoms with Crippen molar-refractivity contribution in [1.29, 1.82) is 0 Å². The normalized spacial score (nSPS) is 11.5. The van der Waals surface area contributed by atoms with E-state index < -0.39 is 10.0 Å². The minimum atomic E-state index is -3.67. The fraction of sp³-hybridized carbons (Fsp3) is 0.533. The van der Waals surface area contributed by atoms with Gasteiger partial charge in [-0.3, -0.25) is 4.79 Å². The monoisotopic (exact) mass is 328 g/mol. The first-order chi connectivity index (χ1) is 10.4. The fourth-order valence-corrected chi connectivity index (χ4v) is 3.46. The molecule has 1 rings (SSSR count). The van der Waals surface area contributed by atoms with Crippen LogP contribution >= 0.6 is 0 Å². The summed E-state index contributed by atoms with van der Waals surface area (Å²) in [6, 6.07) is 4.15. The Kier molecular flexibility index (Phi) is 6.83. The van der Waals surface area contributed by atoms with Crippen molar-refractivity contribution in [2.45, 2.75) is 44.6 Å². The van der Waals surface area contributed by atoms with Crippen LogP contribution in [-0.4, -0.2) is 34.0 Å². The van der Waals surface area contributed by atoms with Gasteiger partial charge in [0.15, 0.2) is 0 Å². The Hall–Kier alpha value is -1.60. The Morgan fingerprint density at radius 3 is 2.36 bits per heavy atom. The summed E-state index contributed by atoms with van der Waals surface area (Å²) < 4.78 is 32.6. The first-order valence-electron chi connectivity index (χ1n) is 7.38. The third-order valence-electron chi connectivity index (χ3n) is 3.37. The summed E-state index contributed by atoms with van der Waals surface area (Å²) in [5, 5.41) is 2.64. The van der Waals surface area contributed by atoms with Gasteiger partial charge in [-0.25, -0.2) is 13.1 Å². The molecule has 0 aromatic heterocycles. The third kappa shape index (κ3) is 4.45. The van der Waals surface area contributed by atoms with Crippen LogP contribution in [0, 0.1) is 0 Å². The molecule has 0 saturated heterocycles. The van der Waals surface area contributed by atoms with Crippen LogP contribution in [0.4, 0.5) is 0 Å². The van der Waals surface area contributed by atoms with E-state index in [2.05, 4.69) is 10.0 Å². The van der Waals surface area contributed by atoms with Crippen LogP contribution in [0.5, 0.6) is 5.75 Å². The highest BCUT2D eigenvalue weighted by atomic mass is 32.2. The summed E-state index contributed by atoms with van der Waals surface area (Å²) in [5.41, 5.74) is 0.205. The molecule has 1 aromatic rings. The molecule has 0 heterocycles. The van der Waals surface area contributed by atoms with Crippen molar-refractivity contribution in [1.82, 2.24) is 10.0 Å². The lowest BCUT2D eigenvalue weighted by atomic mass is 10.2. The molecule has 7 heteroatoms. The molecule has 0 aliphatic heterocycles. The Morgan fingerprint density at radius 1 is 1.23 bits per heavy atom. The Morgan fingerprint density at radius 2 is 1.86 bits per heavy atom. The molecule has 2 N–H and O–H groups in total. The predicted octanol–water partition coefficient (Wildman–Crippen LogP) is 1.91. The SMILES string of the molecule is CCNC(=O)c1cc(S(=O)(=O)NC(CC)CC)ccc1OC. The minimum Gasteiger partial charge on any atom is -0.496 e. The van der Waals surface area contributed by atoms with Gasteiger partial charge in [-0.1, -0.05) is 13.8 Å². The number of methoxy groups -OCH3 is 1. The van der Waals surface area contributed by atoms with Gasteiger partial charge in [0.1, 0.15) is 5.75 Å². The second-order valence-corrected chi connectivity index (χ2v) is 6.57. The van der Waals surface area contributed by atoms with Gasteiger partial charge in [0, 0.05) is 12.6 Å². The van der Waals surface area contributed by atoms with Crippen LogP contribution in [0.25, 0.3) is 0 Å². The first-order valence-corrected chi connectivity index (χ1v) is 8.86. The molecule has 0 saturated carbocycles. The van der Waals surface area contributed by atoms with E-state index in [0.29, 0.717) is 25.1 Å². The van der Waals surface area contributed by atoms with Crippen molar-refractivity contribution < 1.29 is 17.9 Å². The van der Waals surface area contributed by atoms with Gasteiger partial charge in [-0.05, 0) is 38.0 Å². The summed E-state index contributed by atoms with van der Waals surface area (Å²) in [6.45, 7) is 6.08. The van der Waals surface area contributed by atoms with E-state index in [1.807, 2.05) is 13.8 Å². The highest BCUT2D eigenvalue weighted by molar-refractivity contribution is 7.89. The van der Waals surface area contributed by atoms with E-state index in [9.17, 15) is 13.2 Å². The van der Waals surface area contributed by atoms with Gasteiger partial charge in [-0.15, -0.1) is 0 Å². The molecule has 1 aromatic carbocycles. The van der Waals surface area contributed by atoms with Crippen molar-refractivity contribution in [3.8, 4) is 5.75 Å². The van der Waals surface area contributed by atoms with E-state index in [4.69, 9.17) is 4.74 Å². The number of carbonyl (C=O) groups excluding carboxylic acids is 1. The zero-order valence-corrected chi connectivity index (χ0v) is 14.3.